The maximum absolute atomic E-state index is 12.3. The van der Waals surface area contributed by atoms with Crippen LogP contribution in [0.5, 0.6) is 0 Å². The SMILES string of the molecule is CN(C)S(=O)(=O)c1cc(C(=O)NCCCn2ccnc2)ccc1Br. The van der Waals surface area contributed by atoms with Gasteiger partial charge in [-0.15, -0.1) is 0 Å². The summed E-state index contributed by atoms with van der Waals surface area (Å²) in [5.74, 6) is -0.302. The maximum Gasteiger partial charge on any atom is 0.251 e. The molecule has 0 atom stereocenters. The second-order valence-corrected chi connectivity index (χ2v) is 8.32. The molecule has 0 aliphatic rings. The maximum atomic E-state index is 12.3. The number of benzene rings is 1. The Hall–Kier alpha value is -1.71. The van der Waals surface area contributed by atoms with Crippen LogP contribution in [0.25, 0.3) is 0 Å². The van der Waals surface area contributed by atoms with Gasteiger partial charge in [0.15, 0.2) is 0 Å². The molecule has 0 aliphatic heterocycles. The van der Waals surface area contributed by atoms with Crippen molar-refractivity contribution in [2.45, 2.75) is 17.9 Å². The van der Waals surface area contributed by atoms with E-state index < -0.39 is 10.0 Å². The molecule has 2 aromatic rings. The number of nitrogens with one attached hydrogen (secondary N) is 1. The van der Waals surface area contributed by atoms with Crippen LogP contribution in [0.15, 0.2) is 46.3 Å². The summed E-state index contributed by atoms with van der Waals surface area (Å²) < 4.78 is 28.0. The molecule has 1 heterocycles. The topological polar surface area (TPSA) is 84.3 Å². The van der Waals surface area contributed by atoms with Crippen LogP contribution in [-0.2, 0) is 16.6 Å². The number of carbonyl (C=O) groups excluding carboxylic acids is 1. The normalized spacial score (nSPS) is 11.7. The monoisotopic (exact) mass is 414 g/mol. The average molecular weight is 415 g/mol. The highest BCUT2D eigenvalue weighted by atomic mass is 79.9. The summed E-state index contributed by atoms with van der Waals surface area (Å²) in [5.41, 5.74) is 0.307. The fraction of sp³-hybridized carbons (Fsp3) is 0.333. The molecule has 0 saturated carbocycles. The van der Waals surface area contributed by atoms with Crippen molar-refractivity contribution in [2.75, 3.05) is 20.6 Å². The van der Waals surface area contributed by atoms with Crippen molar-refractivity contribution < 1.29 is 13.2 Å². The second-order valence-electron chi connectivity index (χ2n) is 5.34. The number of hydrogen-bond acceptors (Lipinski definition) is 4. The minimum atomic E-state index is -3.62. The molecule has 9 heteroatoms. The molecule has 2 rings (SSSR count). The molecule has 0 fully saturated rings. The fourth-order valence-corrected chi connectivity index (χ4v) is 3.87. The van der Waals surface area contributed by atoms with E-state index in [1.54, 1.807) is 24.7 Å². The van der Waals surface area contributed by atoms with Gasteiger partial charge in [-0.1, -0.05) is 0 Å². The third-order valence-electron chi connectivity index (χ3n) is 3.39. The van der Waals surface area contributed by atoms with Crippen LogP contribution >= 0.6 is 15.9 Å². The first kappa shape index (κ1) is 18.6. The predicted molar refractivity (Wildman–Crippen MR) is 94.2 cm³/mol. The molecule has 0 radical (unpaired) electrons. The molecule has 1 aromatic carbocycles. The summed E-state index contributed by atoms with van der Waals surface area (Å²) in [5, 5.41) is 2.79. The van der Waals surface area contributed by atoms with Gasteiger partial charge in [0, 0.05) is 49.6 Å². The highest BCUT2D eigenvalue weighted by Gasteiger charge is 2.22. The van der Waals surface area contributed by atoms with Gasteiger partial charge in [0.1, 0.15) is 0 Å². The third kappa shape index (κ3) is 4.43. The number of imidazole rings is 1. The predicted octanol–water partition coefficient (Wildman–Crippen LogP) is 1.72. The largest absolute Gasteiger partial charge is 0.352 e. The Morgan fingerprint density at radius 3 is 2.75 bits per heavy atom. The lowest BCUT2D eigenvalue weighted by atomic mass is 10.2. The smallest absolute Gasteiger partial charge is 0.251 e. The first-order chi connectivity index (χ1) is 11.3. The first-order valence-corrected chi connectivity index (χ1v) is 9.51. The molecule has 1 aromatic heterocycles. The minimum absolute atomic E-state index is 0.0681. The van der Waals surface area contributed by atoms with Crippen LogP contribution in [0.3, 0.4) is 0 Å². The lowest BCUT2D eigenvalue weighted by Crippen LogP contribution is -2.26. The quantitative estimate of drug-likeness (QED) is 0.698. The minimum Gasteiger partial charge on any atom is -0.352 e. The lowest BCUT2D eigenvalue weighted by Gasteiger charge is -2.14. The Morgan fingerprint density at radius 1 is 1.38 bits per heavy atom. The van der Waals surface area contributed by atoms with Gasteiger partial charge in [0.05, 0.1) is 11.2 Å². The summed E-state index contributed by atoms with van der Waals surface area (Å²) >= 11 is 3.22. The van der Waals surface area contributed by atoms with Crippen molar-refractivity contribution in [3.05, 3.63) is 47.0 Å². The van der Waals surface area contributed by atoms with Crippen LogP contribution < -0.4 is 5.32 Å². The summed E-state index contributed by atoms with van der Waals surface area (Å²) in [6, 6.07) is 4.53. The molecular weight excluding hydrogens is 396 g/mol. The van der Waals surface area contributed by atoms with E-state index in [4.69, 9.17) is 0 Å². The Bertz CT molecular complexity index is 804. The van der Waals surface area contributed by atoms with E-state index in [-0.39, 0.29) is 10.8 Å². The number of rotatable bonds is 7. The zero-order valence-electron chi connectivity index (χ0n) is 13.4. The van der Waals surface area contributed by atoms with Gasteiger partial charge in [0.2, 0.25) is 10.0 Å². The van der Waals surface area contributed by atoms with Gasteiger partial charge in [-0.3, -0.25) is 4.79 Å². The van der Waals surface area contributed by atoms with Crippen molar-refractivity contribution >= 4 is 31.9 Å². The van der Waals surface area contributed by atoms with Gasteiger partial charge < -0.3 is 9.88 Å². The molecule has 1 N–H and O–H groups in total. The van der Waals surface area contributed by atoms with Gasteiger partial charge in [0.25, 0.3) is 5.91 Å². The van der Waals surface area contributed by atoms with E-state index in [1.807, 2.05) is 10.8 Å². The van der Waals surface area contributed by atoms with Gasteiger partial charge >= 0.3 is 0 Å². The summed E-state index contributed by atoms with van der Waals surface area (Å²) in [6.45, 7) is 1.24. The molecule has 130 valence electrons. The number of halogens is 1. The van der Waals surface area contributed by atoms with Crippen molar-refractivity contribution in [1.82, 2.24) is 19.2 Å². The van der Waals surface area contributed by atoms with Gasteiger partial charge in [-0.25, -0.2) is 17.7 Å². The summed E-state index contributed by atoms with van der Waals surface area (Å²) in [6.07, 6.45) is 6.03. The van der Waals surface area contributed by atoms with E-state index in [2.05, 4.69) is 26.2 Å². The molecular formula is C15H19BrN4O3S. The van der Waals surface area contributed by atoms with Crippen molar-refractivity contribution in [3.63, 3.8) is 0 Å². The molecule has 0 bridgehead atoms. The number of sulfonamides is 1. The molecule has 24 heavy (non-hydrogen) atoms. The number of aromatic nitrogens is 2. The third-order valence-corrected chi connectivity index (χ3v) is 6.20. The number of aryl methyl sites for hydroxylation is 1. The average Bonchev–Trinajstić information content (AvgIpc) is 3.04. The molecule has 0 spiro atoms. The van der Waals surface area contributed by atoms with Crippen LogP contribution in [0.4, 0.5) is 0 Å². The second kappa shape index (κ2) is 7.91. The number of amides is 1. The lowest BCUT2D eigenvalue weighted by molar-refractivity contribution is 0.0952. The standard InChI is InChI=1S/C15H19BrN4O3S/c1-19(2)24(22,23)14-10-12(4-5-13(14)16)15(21)18-6-3-8-20-9-7-17-11-20/h4-5,7,9-11H,3,6,8H2,1-2H3,(H,18,21). The van der Waals surface area contributed by atoms with E-state index in [1.165, 1.54) is 20.2 Å². The van der Waals surface area contributed by atoms with Crippen molar-refractivity contribution in [3.8, 4) is 0 Å². The molecule has 0 saturated heterocycles. The highest BCUT2D eigenvalue weighted by Crippen LogP contribution is 2.25. The Kier molecular flexibility index (Phi) is 6.14. The number of hydrogen-bond donors (Lipinski definition) is 1. The zero-order chi connectivity index (χ0) is 17.7. The molecule has 1 amide bonds. The first-order valence-electron chi connectivity index (χ1n) is 7.28. The molecule has 7 nitrogen and oxygen atoms in total. The van der Waals surface area contributed by atoms with Crippen LogP contribution in [-0.4, -0.2) is 48.8 Å². The van der Waals surface area contributed by atoms with E-state index in [0.717, 1.165) is 17.3 Å². The molecule has 0 unspecified atom stereocenters. The van der Waals surface area contributed by atoms with Crippen LogP contribution in [0.1, 0.15) is 16.8 Å². The fourth-order valence-electron chi connectivity index (χ4n) is 2.02. The Balaban J connectivity index is 2.02. The summed E-state index contributed by atoms with van der Waals surface area (Å²) in [7, 11) is -0.724. The molecule has 0 aliphatic carbocycles. The number of nitrogens with zero attached hydrogens (tertiary/aromatic N) is 3. The van der Waals surface area contributed by atoms with E-state index >= 15 is 0 Å². The highest BCUT2D eigenvalue weighted by molar-refractivity contribution is 9.10. The van der Waals surface area contributed by atoms with Crippen molar-refractivity contribution in [1.29, 1.82) is 0 Å². The summed E-state index contributed by atoms with van der Waals surface area (Å²) in [4.78, 5) is 16.2. The number of carbonyl (C=O) groups is 1. The van der Waals surface area contributed by atoms with Crippen molar-refractivity contribution in [2.24, 2.45) is 0 Å². The zero-order valence-corrected chi connectivity index (χ0v) is 15.8. The van der Waals surface area contributed by atoms with E-state index in [9.17, 15) is 13.2 Å². The van der Waals surface area contributed by atoms with Crippen LogP contribution in [0.2, 0.25) is 0 Å². The van der Waals surface area contributed by atoms with Gasteiger partial charge in [-0.05, 0) is 40.5 Å². The van der Waals surface area contributed by atoms with Crippen LogP contribution in [0, 0.1) is 0 Å². The van der Waals surface area contributed by atoms with Gasteiger partial charge in [-0.2, -0.15) is 0 Å². The Labute approximate surface area is 149 Å². The van der Waals surface area contributed by atoms with E-state index in [0.29, 0.717) is 16.6 Å². The Morgan fingerprint density at radius 2 is 2.12 bits per heavy atom.